The first-order chi connectivity index (χ1) is 13.3. The smallest absolute Gasteiger partial charge is 0.316 e. The lowest BCUT2D eigenvalue weighted by atomic mass is 10.3. The number of aryl methyl sites for hydroxylation is 2. The van der Waals surface area contributed by atoms with Gasteiger partial charge in [-0.15, -0.1) is 0 Å². The number of ether oxygens (including phenoxy) is 1. The number of hydrogen-bond acceptors (Lipinski definition) is 7. The van der Waals surface area contributed by atoms with Gasteiger partial charge in [-0.3, -0.25) is 14.4 Å². The quantitative estimate of drug-likeness (QED) is 0.389. The summed E-state index contributed by atoms with van der Waals surface area (Å²) in [5.41, 5.74) is 1.99. The Morgan fingerprint density at radius 2 is 1.71 bits per heavy atom. The van der Waals surface area contributed by atoms with Gasteiger partial charge in [0.05, 0.1) is 12.3 Å². The summed E-state index contributed by atoms with van der Waals surface area (Å²) in [5, 5.41) is 5.27. The molecule has 0 atom stereocenters. The first kappa shape index (κ1) is 21.3. The van der Waals surface area contributed by atoms with Crippen LogP contribution in [0.15, 0.2) is 35.5 Å². The highest BCUT2D eigenvalue weighted by Crippen LogP contribution is 2.14. The fourth-order valence-corrected chi connectivity index (χ4v) is 2.78. The van der Waals surface area contributed by atoms with Crippen molar-refractivity contribution in [3.8, 4) is 0 Å². The maximum Gasteiger partial charge on any atom is 0.316 e. The molecule has 148 valence electrons. The Hall–Kier alpha value is -3.01. The second-order valence-electron chi connectivity index (χ2n) is 5.71. The number of hydrogen-bond donors (Lipinski definition) is 2. The van der Waals surface area contributed by atoms with Gasteiger partial charge in [0.2, 0.25) is 5.91 Å². The van der Waals surface area contributed by atoms with Crippen LogP contribution in [0.4, 0.5) is 10.1 Å². The molecule has 0 bridgehead atoms. The second-order valence-corrected chi connectivity index (χ2v) is 6.66. The van der Waals surface area contributed by atoms with Crippen LogP contribution in [-0.4, -0.2) is 46.7 Å². The van der Waals surface area contributed by atoms with Gasteiger partial charge in [0, 0.05) is 17.1 Å². The number of nitrogens with one attached hydrogen (secondary N) is 2. The molecule has 8 nitrogen and oxygen atoms in total. The van der Waals surface area contributed by atoms with Crippen LogP contribution in [0.3, 0.4) is 0 Å². The molecule has 1 aromatic heterocycles. The van der Waals surface area contributed by atoms with Gasteiger partial charge in [0.15, 0.2) is 11.8 Å². The van der Waals surface area contributed by atoms with E-state index in [1.807, 2.05) is 19.9 Å². The van der Waals surface area contributed by atoms with Gasteiger partial charge in [0.1, 0.15) is 5.82 Å². The van der Waals surface area contributed by atoms with Gasteiger partial charge in [-0.1, -0.05) is 11.8 Å². The van der Waals surface area contributed by atoms with Crippen LogP contribution in [0.5, 0.6) is 0 Å². The third kappa shape index (κ3) is 7.70. The van der Waals surface area contributed by atoms with E-state index in [1.165, 1.54) is 24.3 Å². The van der Waals surface area contributed by atoms with Gasteiger partial charge < -0.3 is 15.4 Å². The molecule has 0 saturated carbocycles. The van der Waals surface area contributed by atoms with Crippen molar-refractivity contribution in [1.29, 1.82) is 0 Å². The lowest BCUT2D eigenvalue weighted by molar-refractivity contribution is -0.146. The lowest BCUT2D eigenvalue weighted by Gasteiger charge is -2.08. The molecule has 0 aliphatic heterocycles. The minimum atomic E-state index is -0.616. The molecule has 0 aliphatic carbocycles. The third-order valence-corrected chi connectivity index (χ3v) is 4.04. The summed E-state index contributed by atoms with van der Waals surface area (Å²) in [6.07, 6.45) is 0. The van der Waals surface area contributed by atoms with Crippen molar-refractivity contribution in [2.24, 2.45) is 0 Å². The summed E-state index contributed by atoms with van der Waals surface area (Å²) < 4.78 is 17.6. The molecule has 0 saturated heterocycles. The number of esters is 1. The predicted octanol–water partition coefficient (Wildman–Crippen LogP) is 1.62. The summed E-state index contributed by atoms with van der Waals surface area (Å²) in [7, 11) is 0. The first-order valence-electron chi connectivity index (χ1n) is 8.24. The van der Waals surface area contributed by atoms with E-state index in [0.717, 1.165) is 23.1 Å². The average molecular weight is 406 g/mol. The largest absolute Gasteiger partial charge is 0.455 e. The molecule has 2 amide bonds. The topological polar surface area (TPSA) is 110 Å². The summed E-state index contributed by atoms with van der Waals surface area (Å²) in [5.74, 6) is -2.17. The molecule has 2 aromatic rings. The van der Waals surface area contributed by atoms with Gasteiger partial charge in [-0.25, -0.2) is 14.4 Å². The Morgan fingerprint density at radius 3 is 2.36 bits per heavy atom. The van der Waals surface area contributed by atoms with Crippen LogP contribution in [-0.2, 0) is 19.1 Å². The van der Waals surface area contributed by atoms with E-state index in [2.05, 4.69) is 20.6 Å². The van der Waals surface area contributed by atoms with Gasteiger partial charge >= 0.3 is 5.97 Å². The normalized spacial score (nSPS) is 10.2. The van der Waals surface area contributed by atoms with Gasteiger partial charge in [-0.05, 0) is 44.2 Å². The highest BCUT2D eigenvalue weighted by atomic mass is 32.2. The minimum Gasteiger partial charge on any atom is -0.455 e. The molecular weight excluding hydrogens is 387 g/mol. The molecule has 0 fully saturated rings. The number of aromatic nitrogens is 2. The maximum absolute atomic E-state index is 12.8. The Balaban J connectivity index is 1.65. The Bertz CT molecular complexity index is 841. The third-order valence-electron chi connectivity index (χ3n) is 3.22. The van der Waals surface area contributed by atoms with Crippen LogP contribution >= 0.6 is 11.8 Å². The van der Waals surface area contributed by atoms with E-state index in [9.17, 15) is 18.8 Å². The fourth-order valence-electron chi connectivity index (χ4n) is 2.04. The van der Waals surface area contributed by atoms with E-state index in [-0.39, 0.29) is 12.3 Å². The number of carbonyl (C=O) groups is 3. The molecule has 2 N–H and O–H groups in total. The number of nitrogens with zero attached hydrogens (tertiary/aromatic N) is 2. The Labute approximate surface area is 165 Å². The van der Waals surface area contributed by atoms with Crippen LogP contribution in [0.1, 0.15) is 11.4 Å². The van der Waals surface area contributed by atoms with E-state index in [1.54, 1.807) is 0 Å². The summed E-state index contributed by atoms with van der Waals surface area (Å²) >= 11 is 1.11. The number of rotatable bonds is 8. The Kier molecular flexibility index (Phi) is 7.88. The summed E-state index contributed by atoms with van der Waals surface area (Å²) in [6, 6.07) is 7.02. The second kappa shape index (κ2) is 10.4. The zero-order valence-corrected chi connectivity index (χ0v) is 16.1. The number of anilines is 1. The summed E-state index contributed by atoms with van der Waals surface area (Å²) in [6.45, 7) is 2.84. The van der Waals surface area contributed by atoms with E-state index in [4.69, 9.17) is 4.74 Å². The predicted molar refractivity (Wildman–Crippen MR) is 101 cm³/mol. The van der Waals surface area contributed by atoms with Crippen molar-refractivity contribution >= 4 is 35.2 Å². The van der Waals surface area contributed by atoms with Gasteiger partial charge in [0.25, 0.3) is 5.91 Å². The highest BCUT2D eigenvalue weighted by Gasteiger charge is 2.11. The molecule has 0 radical (unpaired) electrons. The monoisotopic (exact) mass is 406 g/mol. The lowest BCUT2D eigenvalue weighted by Crippen LogP contribution is -2.35. The first-order valence-corrected chi connectivity index (χ1v) is 9.23. The van der Waals surface area contributed by atoms with Crippen LogP contribution in [0, 0.1) is 19.7 Å². The Morgan fingerprint density at radius 1 is 1.07 bits per heavy atom. The number of amides is 2. The van der Waals surface area contributed by atoms with Crippen LogP contribution in [0.25, 0.3) is 0 Å². The number of benzene rings is 1. The molecule has 1 heterocycles. The molecule has 0 aliphatic rings. The van der Waals surface area contributed by atoms with E-state index < -0.39 is 30.2 Å². The van der Waals surface area contributed by atoms with Crippen LogP contribution in [0.2, 0.25) is 0 Å². The van der Waals surface area contributed by atoms with Crippen molar-refractivity contribution in [3.05, 3.63) is 47.5 Å². The van der Waals surface area contributed by atoms with E-state index in [0.29, 0.717) is 10.8 Å². The molecule has 28 heavy (non-hydrogen) atoms. The number of thioether (sulfide) groups is 1. The molecule has 1 aromatic carbocycles. The molecule has 0 unspecified atom stereocenters. The van der Waals surface area contributed by atoms with Gasteiger partial charge in [-0.2, -0.15) is 0 Å². The summed E-state index contributed by atoms with van der Waals surface area (Å²) in [4.78, 5) is 43.5. The molecule has 2 rings (SSSR count). The van der Waals surface area contributed by atoms with Crippen molar-refractivity contribution in [2.45, 2.75) is 19.0 Å². The van der Waals surface area contributed by atoms with E-state index >= 15 is 0 Å². The molecular formula is C18H19FN4O4S. The van der Waals surface area contributed by atoms with Crippen molar-refractivity contribution in [3.63, 3.8) is 0 Å². The fraction of sp³-hybridized carbons (Fsp3) is 0.278. The zero-order chi connectivity index (χ0) is 20.5. The van der Waals surface area contributed by atoms with Crippen LogP contribution < -0.4 is 10.6 Å². The van der Waals surface area contributed by atoms with Crippen molar-refractivity contribution in [2.75, 3.05) is 24.2 Å². The number of carbonyl (C=O) groups excluding carboxylic acids is 3. The highest BCUT2D eigenvalue weighted by molar-refractivity contribution is 7.99. The van der Waals surface area contributed by atoms with Crippen molar-refractivity contribution in [1.82, 2.24) is 15.3 Å². The standard InChI is InChI=1S/C18H19FN4O4S/c1-11-7-12(2)22-18(21-11)28-10-17(26)27-9-16(25)20-8-15(24)23-14-5-3-13(19)4-6-14/h3-7H,8-10H2,1-2H3,(H,20,25)(H,23,24). The zero-order valence-electron chi connectivity index (χ0n) is 15.3. The SMILES string of the molecule is Cc1cc(C)nc(SCC(=O)OCC(=O)NCC(=O)Nc2ccc(F)cc2)n1. The average Bonchev–Trinajstić information content (AvgIpc) is 2.64. The molecule has 10 heteroatoms. The number of halogens is 1. The maximum atomic E-state index is 12.8. The molecule has 0 spiro atoms. The van der Waals surface area contributed by atoms with Crippen molar-refractivity contribution < 1.29 is 23.5 Å². The minimum absolute atomic E-state index is 0.0405.